The fourth-order valence-corrected chi connectivity index (χ4v) is 1.78. The molecule has 0 saturated carbocycles. The molecule has 0 fully saturated rings. The summed E-state index contributed by atoms with van der Waals surface area (Å²) in [4.78, 5) is 7.26. The first kappa shape index (κ1) is 11.1. The molecule has 18 heavy (non-hydrogen) atoms. The normalized spacial score (nSPS) is 11.1. The second-order valence-electron chi connectivity index (χ2n) is 3.63. The Hall–Kier alpha value is -2.01. The number of rotatable bonds is 1. The van der Waals surface area contributed by atoms with Gasteiger partial charge < -0.3 is 4.42 Å². The summed E-state index contributed by atoms with van der Waals surface area (Å²) in [5.41, 5.74) is 0.396. The number of benzene rings is 1. The Morgan fingerprint density at radius 1 is 1.17 bits per heavy atom. The van der Waals surface area contributed by atoms with Crippen molar-refractivity contribution in [3.63, 3.8) is 0 Å². The molecule has 0 radical (unpaired) electrons. The fraction of sp³-hybridized carbons (Fsp3) is 0. The van der Waals surface area contributed by atoms with E-state index in [1.165, 1.54) is 24.3 Å². The van der Waals surface area contributed by atoms with E-state index in [1.54, 1.807) is 0 Å². The Morgan fingerprint density at radius 2 is 2.00 bits per heavy atom. The molecule has 0 N–H and O–H groups in total. The van der Waals surface area contributed by atoms with Gasteiger partial charge >= 0.3 is 0 Å². The Morgan fingerprint density at radius 3 is 2.83 bits per heavy atom. The van der Waals surface area contributed by atoms with Gasteiger partial charge in [0.1, 0.15) is 17.1 Å². The monoisotopic (exact) mass is 266 g/mol. The number of furan rings is 1. The van der Waals surface area contributed by atoms with Crippen LogP contribution in [0.15, 0.2) is 34.9 Å². The van der Waals surface area contributed by atoms with Gasteiger partial charge in [-0.05, 0) is 35.9 Å². The molecule has 2 aromatic heterocycles. The van der Waals surface area contributed by atoms with Gasteiger partial charge in [-0.15, -0.1) is 0 Å². The molecule has 0 aliphatic rings. The van der Waals surface area contributed by atoms with Crippen LogP contribution in [0.25, 0.3) is 22.4 Å². The number of fused-ring (bicyclic) bond motifs is 1. The largest absolute Gasteiger partial charge is 0.454 e. The van der Waals surface area contributed by atoms with Crippen molar-refractivity contribution in [2.24, 2.45) is 0 Å². The minimum Gasteiger partial charge on any atom is -0.454 e. The highest BCUT2D eigenvalue weighted by Crippen LogP contribution is 2.28. The number of aromatic nitrogens is 2. The molecule has 0 aliphatic heterocycles. The lowest BCUT2D eigenvalue weighted by molar-refractivity contribution is 0.588. The van der Waals surface area contributed by atoms with Crippen LogP contribution in [0.2, 0.25) is 5.28 Å². The zero-order valence-electron chi connectivity index (χ0n) is 8.82. The summed E-state index contributed by atoms with van der Waals surface area (Å²) in [6.45, 7) is 0. The molecule has 0 atom stereocenters. The fourth-order valence-electron chi connectivity index (χ4n) is 1.65. The van der Waals surface area contributed by atoms with Gasteiger partial charge in [0.15, 0.2) is 11.6 Å². The van der Waals surface area contributed by atoms with Gasteiger partial charge in [-0.3, -0.25) is 0 Å². The predicted molar refractivity (Wildman–Crippen MR) is 62.2 cm³/mol. The second-order valence-corrected chi connectivity index (χ2v) is 3.97. The summed E-state index contributed by atoms with van der Waals surface area (Å²) in [5, 5.41) is 0.442. The van der Waals surface area contributed by atoms with Crippen molar-refractivity contribution in [3.05, 3.63) is 47.4 Å². The molecule has 3 nitrogen and oxygen atoms in total. The molecule has 3 rings (SSSR count). The molecule has 90 valence electrons. The van der Waals surface area contributed by atoms with E-state index in [0.29, 0.717) is 11.0 Å². The quantitative estimate of drug-likeness (QED) is 0.629. The van der Waals surface area contributed by atoms with Crippen LogP contribution in [0.5, 0.6) is 0 Å². The van der Waals surface area contributed by atoms with Crippen LogP contribution >= 0.6 is 11.6 Å². The van der Waals surface area contributed by atoms with Crippen molar-refractivity contribution in [3.8, 4) is 11.5 Å². The molecule has 0 aliphatic carbocycles. The number of nitrogens with zero attached hydrogens (tertiary/aromatic N) is 2. The molecule has 1 aromatic carbocycles. The lowest BCUT2D eigenvalue weighted by Gasteiger charge is -1.97. The maximum atomic E-state index is 13.5. The molecule has 0 spiro atoms. The first-order chi connectivity index (χ1) is 8.63. The molecule has 0 saturated heterocycles. The molecule has 3 aromatic rings. The van der Waals surface area contributed by atoms with E-state index in [9.17, 15) is 8.78 Å². The van der Waals surface area contributed by atoms with Crippen molar-refractivity contribution in [1.82, 2.24) is 9.97 Å². The molecule has 2 heterocycles. The van der Waals surface area contributed by atoms with Crippen molar-refractivity contribution in [1.29, 1.82) is 0 Å². The highest BCUT2D eigenvalue weighted by atomic mass is 35.5. The average Bonchev–Trinajstić information content (AvgIpc) is 2.74. The van der Waals surface area contributed by atoms with Gasteiger partial charge in [0.05, 0.1) is 6.20 Å². The van der Waals surface area contributed by atoms with E-state index in [1.807, 2.05) is 0 Å². The molecule has 0 unspecified atom stereocenters. The van der Waals surface area contributed by atoms with E-state index < -0.39 is 11.6 Å². The lowest BCUT2D eigenvalue weighted by atomic mass is 10.2. The summed E-state index contributed by atoms with van der Waals surface area (Å²) >= 11 is 5.60. The minimum absolute atomic E-state index is 0.0494. The average molecular weight is 267 g/mol. The minimum atomic E-state index is -0.654. The predicted octanol–water partition coefficient (Wildman–Crippen LogP) is 3.82. The Labute approximate surface area is 105 Å². The van der Waals surface area contributed by atoms with Gasteiger partial charge in [-0.2, -0.15) is 0 Å². The van der Waals surface area contributed by atoms with Gasteiger partial charge in [0.25, 0.3) is 0 Å². The van der Waals surface area contributed by atoms with Crippen molar-refractivity contribution < 1.29 is 13.2 Å². The van der Waals surface area contributed by atoms with E-state index >= 15 is 0 Å². The smallest absolute Gasteiger partial charge is 0.223 e. The van der Waals surface area contributed by atoms with E-state index in [2.05, 4.69) is 9.97 Å². The Kier molecular flexibility index (Phi) is 2.48. The second kappa shape index (κ2) is 4.03. The standard InChI is InChI=1S/C12H5ClF2N2O/c13-12-16-5-8(15)11(17-12)10-4-6-3-7(14)1-2-9(6)18-10/h1-5H. The number of halogens is 3. The summed E-state index contributed by atoms with van der Waals surface area (Å²) < 4.78 is 32.0. The van der Waals surface area contributed by atoms with E-state index in [0.717, 1.165) is 6.20 Å². The number of hydrogen-bond acceptors (Lipinski definition) is 3. The topological polar surface area (TPSA) is 38.9 Å². The van der Waals surface area contributed by atoms with Crippen LogP contribution in [0.3, 0.4) is 0 Å². The van der Waals surface area contributed by atoms with Crippen LogP contribution in [0, 0.1) is 11.6 Å². The first-order valence-electron chi connectivity index (χ1n) is 5.01. The maximum absolute atomic E-state index is 13.5. The Balaban J connectivity index is 2.22. The summed E-state index contributed by atoms with van der Waals surface area (Å²) in [5.74, 6) is -0.868. The van der Waals surface area contributed by atoms with E-state index in [4.69, 9.17) is 16.0 Å². The third kappa shape index (κ3) is 1.82. The van der Waals surface area contributed by atoms with Gasteiger partial charge in [-0.25, -0.2) is 18.7 Å². The lowest BCUT2D eigenvalue weighted by Crippen LogP contribution is -1.90. The molecular formula is C12H5ClF2N2O. The van der Waals surface area contributed by atoms with Crippen LogP contribution < -0.4 is 0 Å². The molecule has 6 heteroatoms. The molecule has 0 amide bonds. The first-order valence-corrected chi connectivity index (χ1v) is 5.39. The third-order valence-electron chi connectivity index (χ3n) is 2.43. The van der Waals surface area contributed by atoms with Crippen LogP contribution in [-0.2, 0) is 0 Å². The van der Waals surface area contributed by atoms with E-state index in [-0.39, 0.29) is 16.7 Å². The van der Waals surface area contributed by atoms with Crippen LogP contribution in [0.1, 0.15) is 0 Å². The maximum Gasteiger partial charge on any atom is 0.223 e. The van der Waals surface area contributed by atoms with Crippen molar-refractivity contribution >= 4 is 22.6 Å². The highest BCUT2D eigenvalue weighted by Gasteiger charge is 2.14. The molecular weight excluding hydrogens is 262 g/mol. The summed E-state index contributed by atoms with van der Waals surface area (Å²) in [7, 11) is 0. The van der Waals surface area contributed by atoms with Gasteiger partial charge in [0.2, 0.25) is 5.28 Å². The zero-order valence-corrected chi connectivity index (χ0v) is 9.58. The van der Waals surface area contributed by atoms with Crippen LogP contribution in [-0.4, -0.2) is 9.97 Å². The SMILES string of the molecule is Fc1ccc2oc(-c3nc(Cl)ncc3F)cc2c1. The summed E-state index contributed by atoms with van der Waals surface area (Å²) in [6, 6.07) is 5.52. The zero-order chi connectivity index (χ0) is 12.7. The number of hydrogen-bond donors (Lipinski definition) is 0. The summed E-state index contributed by atoms with van der Waals surface area (Å²) in [6.07, 6.45) is 0.957. The third-order valence-corrected chi connectivity index (χ3v) is 2.61. The molecule has 0 bridgehead atoms. The van der Waals surface area contributed by atoms with Crippen molar-refractivity contribution in [2.75, 3.05) is 0 Å². The van der Waals surface area contributed by atoms with Crippen LogP contribution in [0.4, 0.5) is 8.78 Å². The Bertz CT molecular complexity index is 742. The highest BCUT2D eigenvalue weighted by molar-refractivity contribution is 6.28. The van der Waals surface area contributed by atoms with Crippen molar-refractivity contribution in [2.45, 2.75) is 0 Å². The van der Waals surface area contributed by atoms with Gasteiger partial charge in [0, 0.05) is 5.39 Å². The van der Waals surface area contributed by atoms with Gasteiger partial charge in [-0.1, -0.05) is 0 Å².